The molecule has 0 spiro atoms. The number of aliphatic hydroxyl groups excluding tert-OH is 2. The average molecular weight is 975 g/mol. The zero-order valence-corrected chi connectivity index (χ0v) is 45.9. The molecule has 0 saturated heterocycles. The van der Waals surface area contributed by atoms with Gasteiger partial charge in [-0.25, -0.2) is 0 Å². The van der Waals surface area contributed by atoms with Crippen LogP contribution in [0.1, 0.15) is 271 Å². The number of carbonyl (C=O) groups is 2. The first-order valence-electron chi connectivity index (χ1n) is 29.5. The van der Waals surface area contributed by atoms with Crippen LogP contribution in [0.15, 0.2) is 97.2 Å². The van der Waals surface area contributed by atoms with Gasteiger partial charge in [0.15, 0.2) is 0 Å². The van der Waals surface area contributed by atoms with Crippen molar-refractivity contribution < 1.29 is 24.5 Å². The van der Waals surface area contributed by atoms with Gasteiger partial charge in [-0.2, -0.15) is 0 Å². The number of aliphatic hydroxyl groups is 2. The van der Waals surface area contributed by atoms with Gasteiger partial charge in [-0.1, -0.05) is 253 Å². The Hall–Kier alpha value is -3.22. The highest BCUT2D eigenvalue weighted by molar-refractivity contribution is 5.77. The van der Waals surface area contributed by atoms with Crippen LogP contribution in [0.5, 0.6) is 0 Å². The lowest BCUT2D eigenvalue weighted by Crippen LogP contribution is -2.46. The number of unbranched alkanes of at least 4 members (excludes halogenated alkanes) is 24. The normalized spacial score (nSPS) is 13.8. The minimum absolute atomic E-state index is 0.0138. The molecule has 0 radical (unpaired) electrons. The first kappa shape index (κ1) is 66.8. The summed E-state index contributed by atoms with van der Waals surface area (Å²) in [7, 11) is 0. The van der Waals surface area contributed by atoms with Crippen LogP contribution in [-0.2, 0) is 14.3 Å². The molecule has 6 heteroatoms. The van der Waals surface area contributed by atoms with Gasteiger partial charge in [0.05, 0.1) is 25.2 Å². The Labute approximate surface area is 433 Å². The topological polar surface area (TPSA) is 95.9 Å². The van der Waals surface area contributed by atoms with Gasteiger partial charge in [0.25, 0.3) is 0 Å². The minimum atomic E-state index is -0.818. The first-order valence-corrected chi connectivity index (χ1v) is 29.5. The van der Waals surface area contributed by atoms with E-state index < -0.39 is 18.2 Å². The molecule has 1 amide bonds. The van der Waals surface area contributed by atoms with E-state index in [1.165, 1.54) is 141 Å². The van der Waals surface area contributed by atoms with Crippen LogP contribution in [0.4, 0.5) is 0 Å². The minimum Gasteiger partial charge on any atom is -0.462 e. The van der Waals surface area contributed by atoms with Crippen LogP contribution in [-0.4, -0.2) is 46.9 Å². The maximum absolute atomic E-state index is 13.3. The van der Waals surface area contributed by atoms with Crippen LogP contribution >= 0.6 is 0 Å². The molecule has 0 aromatic rings. The van der Waals surface area contributed by atoms with E-state index in [0.29, 0.717) is 25.7 Å². The molecule has 70 heavy (non-hydrogen) atoms. The van der Waals surface area contributed by atoms with Crippen molar-refractivity contribution in [2.24, 2.45) is 0 Å². The smallest absolute Gasteiger partial charge is 0.306 e. The van der Waals surface area contributed by atoms with Crippen molar-refractivity contribution in [2.45, 2.75) is 289 Å². The maximum Gasteiger partial charge on any atom is 0.306 e. The van der Waals surface area contributed by atoms with Gasteiger partial charge >= 0.3 is 5.97 Å². The predicted molar refractivity (Wildman–Crippen MR) is 305 cm³/mol. The quantitative estimate of drug-likeness (QED) is 0.0321. The van der Waals surface area contributed by atoms with Crippen LogP contribution in [0.25, 0.3) is 0 Å². The Balaban J connectivity index is 4.73. The molecule has 0 heterocycles. The van der Waals surface area contributed by atoms with E-state index in [9.17, 15) is 19.8 Å². The summed E-state index contributed by atoms with van der Waals surface area (Å²) in [5.74, 6) is -0.596. The standard InChI is InChI=1S/C64H111NO5/c1-4-7-10-13-16-19-22-25-28-31-34-37-40-43-46-49-52-55-60(70-64(69)57-54-51-48-45-42-39-36-33-30-27-24-21-18-15-12-9-6-3)58-63(68)65-61(59-66)62(67)56-53-50-47-44-41-38-35-32-29-26-23-20-17-14-11-8-5-2/h16,18-19,21,25,27-28,30,34,36-37,39,43,45-46,48,60-62,66-67H,4-15,17,20,22-24,26,29,31-33,35,38,40-42,44,47,49-59H2,1-3H3,(H,65,68)/b19-16-,21-18-,28-25-,30-27-,37-34-,39-36-,46-43-,48-45-. The Bertz CT molecular complexity index is 1370. The zero-order chi connectivity index (χ0) is 50.9. The van der Waals surface area contributed by atoms with Crippen molar-refractivity contribution >= 4 is 11.9 Å². The van der Waals surface area contributed by atoms with Gasteiger partial charge in [0.1, 0.15) is 6.10 Å². The molecule has 402 valence electrons. The fourth-order valence-corrected chi connectivity index (χ4v) is 8.41. The summed E-state index contributed by atoms with van der Waals surface area (Å²) in [5, 5.41) is 23.9. The molecule has 3 atom stereocenters. The molecule has 0 aliphatic rings. The van der Waals surface area contributed by atoms with Gasteiger partial charge in [-0.3, -0.25) is 9.59 Å². The lowest BCUT2D eigenvalue weighted by molar-refractivity contribution is -0.151. The molecule has 0 aliphatic carbocycles. The van der Waals surface area contributed by atoms with Gasteiger partial charge in [-0.15, -0.1) is 0 Å². The molecule has 0 aliphatic heterocycles. The maximum atomic E-state index is 13.3. The fraction of sp³-hybridized carbons (Fsp3) is 0.719. The van der Waals surface area contributed by atoms with E-state index >= 15 is 0 Å². The van der Waals surface area contributed by atoms with E-state index in [2.05, 4.69) is 123 Å². The third-order valence-corrected chi connectivity index (χ3v) is 12.9. The van der Waals surface area contributed by atoms with Gasteiger partial charge < -0.3 is 20.3 Å². The van der Waals surface area contributed by atoms with Crippen LogP contribution in [0, 0.1) is 0 Å². The van der Waals surface area contributed by atoms with Crippen molar-refractivity contribution in [2.75, 3.05) is 6.61 Å². The highest BCUT2D eigenvalue weighted by Gasteiger charge is 2.24. The number of nitrogens with one attached hydrogen (secondary N) is 1. The lowest BCUT2D eigenvalue weighted by atomic mass is 10.0. The summed E-state index contributed by atoms with van der Waals surface area (Å²) < 4.78 is 5.90. The highest BCUT2D eigenvalue weighted by Crippen LogP contribution is 2.17. The molecule has 0 fully saturated rings. The zero-order valence-electron chi connectivity index (χ0n) is 45.9. The number of allylic oxidation sites excluding steroid dienone is 16. The largest absolute Gasteiger partial charge is 0.462 e. The monoisotopic (exact) mass is 974 g/mol. The third kappa shape index (κ3) is 51.1. The summed E-state index contributed by atoms with van der Waals surface area (Å²) in [6.45, 7) is 6.42. The number of esters is 1. The molecule has 3 N–H and O–H groups in total. The number of hydrogen-bond donors (Lipinski definition) is 3. The predicted octanol–water partition coefficient (Wildman–Crippen LogP) is 18.5. The molecule has 0 aromatic carbocycles. The number of ether oxygens (including phenoxy) is 1. The van der Waals surface area contributed by atoms with Gasteiger partial charge in [0.2, 0.25) is 5.91 Å². The summed E-state index contributed by atoms with van der Waals surface area (Å²) >= 11 is 0. The molecule has 0 rings (SSSR count). The van der Waals surface area contributed by atoms with E-state index in [1.807, 2.05) is 0 Å². The van der Waals surface area contributed by atoms with Crippen molar-refractivity contribution in [3.63, 3.8) is 0 Å². The number of hydrogen-bond acceptors (Lipinski definition) is 5. The Morgan fingerprint density at radius 1 is 0.414 bits per heavy atom. The molecular weight excluding hydrogens is 863 g/mol. The van der Waals surface area contributed by atoms with E-state index in [1.54, 1.807) is 0 Å². The second-order valence-electron chi connectivity index (χ2n) is 19.7. The van der Waals surface area contributed by atoms with E-state index in [4.69, 9.17) is 4.74 Å². The average Bonchev–Trinajstić information content (AvgIpc) is 3.35. The molecule has 3 unspecified atom stereocenters. The molecule has 0 saturated carbocycles. The molecule has 0 aromatic heterocycles. The second-order valence-corrected chi connectivity index (χ2v) is 19.7. The number of rotatable bonds is 52. The number of amides is 1. The second kappa shape index (κ2) is 56.7. The van der Waals surface area contributed by atoms with Crippen LogP contribution < -0.4 is 5.32 Å². The van der Waals surface area contributed by atoms with E-state index in [0.717, 1.165) is 77.0 Å². The van der Waals surface area contributed by atoms with E-state index in [-0.39, 0.29) is 24.9 Å². The third-order valence-electron chi connectivity index (χ3n) is 12.9. The molecule has 6 nitrogen and oxygen atoms in total. The van der Waals surface area contributed by atoms with Crippen LogP contribution in [0.3, 0.4) is 0 Å². The van der Waals surface area contributed by atoms with Crippen molar-refractivity contribution in [1.29, 1.82) is 0 Å². The SMILES string of the molecule is CCCCC/C=C\C/C=C\C/C=C\C/C=C\CCCC(=O)OC(CCC/C=C\C/C=C\C/C=C\C/C=C\CCCCC)CC(=O)NC(CO)C(O)CCCCCCCCCCCCCCCCCCC. The lowest BCUT2D eigenvalue weighted by Gasteiger charge is -2.24. The molecule has 0 bridgehead atoms. The van der Waals surface area contributed by atoms with Crippen molar-refractivity contribution in [3.05, 3.63) is 97.2 Å². The Kier molecular flexibility index (Phi) is 54.1. The van der Waals surface area contributed by atoms with Gasteiger partial charge in [-0.05, 0) is 103 Å². The van der Waals surface area contributed by atoms with Crippen molar-refractivity contribution in [1.82, 2.24) is 5.32 Å². The molecular formula is C64H111NO5. The Morgan fingerprint density at radius 3 is 1.13 bits per heavy atom. The summed E-state index contributed by atoms with van der Waals surface area (Å²) in [6.07, 6.45) is 76.2. The number of carbonyl (C=O) groups excluding carboxylic acids is 2. The van der Waals surface area contributed by atoms with Crippen LogP contribution in [0.2, 0.25) is 0 Å². The summed E-state index contributed by atoms with van der Waals surface area (Å²) in [6, 6.07) is -0.737. The summed E-state index contributed by atoms with van der Waals surface area (Å²) in [5.41, 5.74) is 0. The van der Waals surface area contributed by atoms with Gasteiger partial charge in [0, 0.05) is 6.42 Å². The fourth-order valence-electron chi connectivity index (χ4n) is 8.41. The van der Waals surface area contributed by atoms with Crippen molar-refractivity contribution in [3.8, 4) is 0 Å². The Morgan fingerprint density at radius 2 is 0.743 bits per heavy atom. The summed E-state index contributed by atoms with van der Waals surface area (Å²) in [4.78, 5) is 26.3. The highest BCUT2D eigenvalue weighted by atomic mass is 16.5. The first-order chi connectivity index (χ1) is 34.5.